The van der Waals surface area contributed by atoms with E-state index in [0.29, 0.717) is 6.04 Å². The third-order valence-electron chi connectivity index (χ3n) is 2.75. The zero-order chi connectivity index (χ0) is 8.97. The molecule has 1 atom stereocenters. The predicted octanol–water partition coefficient (Wildman–Crippen LogP) is 0.993. The Morgan fingerprint density at radius 3 is 2.08 bits per heavy atom. The van der Waals surface area contributed by atoms with Crippen LogP contribution in [-0.2, 0) is 9.47 Å². The first-order valence-electron chi connectivity index (χ1n) is 4.56. The van der Waals surface area contributed by atoms with Gasteiger partial charge in [0, 0.05) is 14.2 Å². The monoisotopic (exact) mass is 173 g/mol. The van der Waals surface area contributed by atoms with E-state index in [1.165, 1.54) is 19.3 Å². The summed E-state index contributed by atoms with van der Waals surface area (Å²) in [4.78, 5) is 0. The maximum absolute atomic E-state index is 5.22. The number of ether oxygens (including phenoxy) is 2. The molecule has 12 heavy (non-hydrogen) atoms. The fourth-order valence-electron chi connectivity index (χ4n) is 1.78. The van der Waals surface area contributed by atoms with Crippen molar-refractivity contribution in [2.45, 2.75) is 31.6 Å². The lowest BCUT2D eigenvalue weighted by Gasteiger charge is -2.36. The number of rotatable bonds is 5. The molecule has 1 unspecified atom stereocenters. The number of methoxy groups -OCH3 is 2. The van der Waals surface area contributed by atoms with Gasteiger partial charge in [-0.05, 0) is 25.8 Å². The summed E-state index contributed by atoms with van der Waals surface area (Å²) in [5.41, 5.74) is 0. The van der Waals surface area contributed by atoms with Gasteiger partial charge in [-0.15, -0.1) is 0 Å². The molecule has 3 nitrogen and oxygen atoms in total. The van der Waals surface area contributed by atoms with Crippen LogP contribution in [0.5, 0.6) is 0 Å². The predicted molar refractivity (Wildman–Crippen MR) is 48.0 cm³/mol. The van der Waals surface area contributed by atoms with Gasteiger partial charge in [-0.25, -0.2) is 0 Å². The van der Waals surface area contributed by atoms with Crippen LogP contribution < -0.4 is 5.32 Å². The quantitative estimate of drug-likeness (QED) is 0.629. The first kappa shape index (κ1) is 9.96. The van der Waals surface area contributed by atoms with Gasteiger partial charge in [0.25, 0.3) is 0 Å². The van der Waals surface area contributed by atoms with Gasteiger partial charge < -0.3 is 14.8 Å². The van der Waals surface area contributed by atoms with Crippen LogP contribution in [0.4, 0.5) is 0 Å². The summed E-state index contributed by atoms with van der Waals surface area (Å²) in [5.74, 6) is 0.736. The molecule has 0 aromatic carbocycles. The molecule has 1 saturated carbocycles. The first-order chi connectivity index (χ1) is 5.83. The van der Waals surface area contributed by atoms with Gasteiger partial charge in [0.05, 0.1) is 6.04 Å². The number of hydrogen-bond acceptors (Lipinski definition) is 3. The molecule has 1 aliphatic carbocycles. The van der Waals surface area contributed by atoms with E-state index in [0.717, 1.165) is 5.92 Å². The minimum atomic E-state index is -0.0969. The Balaban J connectivity index is 2.40. The van der Waals surface area contributed by atoms with Gasteiger partial charge in [-0.3, -0.25) is 0 Å². The summed E-state index contributed by atoms with van der Waals surface area (Å²) in [6.45, 7) is 0. The number of hydrogen-bond donors (Lipinski definition) is 1. The molecular weight excluding hydrogens is 154 g/mol. The Morgan fingerprint density at radius 2 is 1.83 bits per heavy atom. The molecule has 1 N–H and O–H groups in total. The Morgan fingerprint density at radius 1 is 1.25 bits per heavy atom. The van der Waals surface area contributed by atoms with Gasteiger partial charge in [-0.2, -0.15) is 0 Å². The molecule has 3 heteroatoms. The Bertz CT molecular complexity index is 122. The standard InChI is InChI=1S/C9H19NO2/c1-10-8(7-5-4-6-7)9(11-2)12-3/h7-10H,4-6H2,1-3H3. The zero-order valence-electron chi connectivity index (χ0n) is 8.17. The third kappa shape index (κ3) is 1.97. The Labute approximate surface area is 74.4 Å². The SMILES string of the molecule is CNC(C1CCC1)C(OC)OC. The fourth-order valence-corrected chi connectivity index (χ4v) is 1.78. The van der Waals surface area contributed by atoms with Gasteiger partial charge in [0.1, 0.15) is 0 Å². The molecule has 0 aromatic rings. The molecule has 0 aliphatic heterocycles. The Kier molecular flexibility index (Phi) is 3.98. The highest BCUT2D eigenvalue weighted by Crippen LogP contribution is 2.31. The van der Waals surface area contributed by atoms with E-state index in [1.54, 1.807) is 14.2 Å². The van der Waals surface area contributed by atoms with Crippen molar-refractivity contribution in [3.63, 3.8) is 0 Å². The zero-order valence-corrected chi connectivity index (χ0v) is 8.17. The normalized spacial score (nSPS) is 21.0. The molecule has 0 bridgehead atoms. The molecule has 0 heterocycles. The van der Waals surface area contributed by atoms with E-state index in [9.17, 15) is 0 Å². The molecular formula is C9H19NO2. The summed E-state index contributed by atoms with van der Waals surface area (Å²) in [6.07, 6.45) is 3.85. The van der Waals surface area contributed by atoms with E-state index in [1.807, 2.05) is 7.05 Å². The van der Waals surface area contributed by atoms with Crippen LogP contribution in [-0.4, -0.2) is 33.6 Å². The van der Waals surface area contributed by atoms with Crippen LogP contribution in [0, 0.1) is 5.92 Å². The van der Waals surface area contributed by atoms with Crippen molar-refractivity contribution >= 4 is 0 Å². The first-order valence-corrected chi connectivity index (χ1v) is 4.56. The number of nitrogens with one attached hydrogen (secondary N) is 1. The molecule has 0 amide bonds. The summed E-state index contributed by atoms with van der Waals surface area (Å²) in [5, 5.41) is 3.26. The largest absolute Gasteiger partial charge is 0.354 e. The van der Waals surface area contributed by atoms with Crippen molar-refractivity contribution < 1.29 is 9.47 Å². The van der Waals surface area contributed by atoms with Crippen LogP contribution in [0.2, 0.25) is 0 Å². The average Bonchev–Trinajstić information content (AvgIpc) is 2.01. The Hall–Kier alpha value is -0.120. The minimum Gasteiger partial charge on any atom is -0.354 e. The van der Waals surface area contributed by atoms with Crippen LogP contribution in [0.25, 0.3) is 0 Å². The molecule has 1 fully saturated rings. The second-order valence-corrected chi connectivity index (χ2v) is 3.35. The highest BCUT2D eigenvalue weighted by molar-refractivity contribution is 4.84. The van der Waals surface area contributed by atoms with Crippen LogP contribution in [0.3, 0.4) is 0 Å². The molecule has 1 rings (SSSR count). The van der Waals surface area contributed by atoms with Crippen molar-refractivity contribution in [3.05, 3.63) is 0 Å². The van der Waals surface area contributed by atoms with E-state index < -0.39 is 0 Å². The second-order valence-electron chi connectivity index (χ2n) is 3.35. The van der Waals surface area contributed by atoms with E-state index in [4.69, 9.17) is 9.47 Å². The van der Waals surface area contributed by atoms with E-state index >= 15 is 0 Å². The topological polar surface area (TPSA) is 30.5 Å². The van der Waals surface area contributed by atoms with Crippen LogP contribution in [0.15, 0.2) is 0 Å². The highest BCUT2D eigenvalue weighted by atomic mass is 16.7. The van der Waals surface area contributed by atoms with Crippen molar-refractivity contribution in [1.29, 1.82) is 0 Å². The fraction of sp³-hybridized carbons (Fsp3) is 1.00. The van der Waals surface area contributed by atoms with Gasteiger partial charge in [0.15, 0.2) is 6.29 Å². The summed E-state index contributed by atoms with van der Waals surface area (Å²) in [7, 11) is 5.35. The van der Waals surface area contributed by atoms with Gasteiger partial charge in [-0.1, -0.05) is 6.42 Å². The van der Waals surface area contributed by atoms with E-state index in [2.05, 4.69) is 5.32 Å². The smallest absolute Gasteiger partial charge is 0.172 e. The van der Waals surface area contributed by atoms with E-state index in [-0.39, 0.29) is 6.29 Å². The molecule has 1 aliphatic rings. The number of likely N-dealkylation sites (N-methyl/N-ethyl adjacent to an activating group) is 1. The van der Waals surface area contributed by atoms with Crippen molar-refractivity contribution in [3.8, 4) is 0 Å². The summed E-state index contributed by atoms with van der Waals surface area (Å²) >= 11 is 0. The molecule has 0 saturated heterocycles. The van der Waals surface area contributed by atoms with Crippen LogP contribution in [0.1, 0.15) is 19.3 Å². The minimum absolute atomic E-state index is 0.0969. The van der Waals surface area contributed by atoms with Crippen molar-refractivity contribution in [2.24, 2.45) is 5.92 Å². The van der Waals surface area contributed by atoms with Crippen molar-refractivity contribution in [2.75, 3.05) is 21.3 Å². The van der Waals surface area contributed by atoms with Gasteiger partial charge in [0.2, 0.25) is 0 Å². The average molecular weight is 173 g/mol. The molecule has 0 aromatic heterocycles. The highest BCUT2D eigenvalue weighted by Gasteiger charge is 2.32. The molecule has 0 radical (unpaired) electrons. The van der Waals surface area contributed by atoms with Crippen LogP contribution >= 0.6 is 0 Å². The molecule has 72 valence electrons. The maximum atomic E-state index is 5.22. The maximum Gasteiger partial charge on any atom is 0.172 e. The van der Waals surface area contributed by atoms with Crippen molar-refractivity contribution in [1.82, 2.24) is 5.32 Å². The summed E-state index contributed by atoms with van der Waals surface area (Å²) < 4.78 is 10.4. The third-order valence-corrected chi connectivity index (χ3v) is 2.75. The second kappa shape index (κ2) is 4.80. The lowest BCUT2D eigenvalue weighted by molar-refractivity contribution is -0.137. The lowest BCUT2D eigenvalue weighted by Crippen LogP contribution is -2.47. The molecule has 0 spiro atoms. The lowest BCUT2D eigenvalue weighted by atomic mass is 9.79. The summed E-state index contributed by atoms with van der Waals surface area (Å²) in [6, 6.07) is 0.355. The van der Waals surface area contributed by atoms with Gasteiger partial charge >= 0.3 is 0 Å².